The highest BCUT2D eigenvalue weighted by molar-refractivity contribution is 7.80. The van der Waals surface area contributed by atoms with Gasteiger partial charge in [-0.2, -0.15) is 0 Å². The number of benzene rings is 6. The van der Waals surface area contributed by atoms with Gasteiger partial charge in [0.25, 0.3) is 0 Å². The molecule has 0 aliphatic heterocycles. The summed E-state index contributed by atoms with van der Waals surface area (Å²) in [6.45, 7) is 14.8. The third-order valence-electron chi connectivity index (χ3n) is 10.8. The van der Waals surface area contributed by atoms with Crippen LogP contribution in [0.2, 0.25) is 0 Å². The fraction of sp³-hybridized carbons (Fsp3) is 0.170. The van der Waals surface area contributed by atoms with Crippen LogP contribution in [0.4, 0.5) is 11.4 Å². The topological polar surface area (TPSA) is 95.8 Å². The number of hydrogen-bond donors (Lipinski definition) is 2. The molecule has 0 spiro atoms. The zero-order chi connectivity index (χ0) is 44.7. The lowest BCUT2D eigenvalue weighted by molar-refractivity contribution is -0.144. The van der Waals surface area contributed by atoms with Crippen molar-refractivity contribution in [3.63, 3.8) is 0 Å². The summed E-state index contributed by atoms with van der Waals surface area (Å²) < 4.78 is 22.0. The van der Waals surface area contributed by atoms with Crippen LogP contribution in [0.25, 0.3) is 11.1 Å². The third-order valence-corrected chi connectivity index (χ3v) is 11.5. The van der Waals surface area contributed by atoms with Gasteiger partial charge in [0.2, 0.25) is 0 Å². The summed E-state index contributed by atoms with van der Waals surface area (Å²) in [4.78, 5) is 34.5. The van der Waals surface area contributed by atoms with Crippen molar-refractivity contribution in [3.8, 4) is 22.6 Å². The monoisotopic (exact) mass is 872 g/mol. The first-order valence-electron chi connectivity index (χ1n) is 20.5. The van der Waals surface area contributed by atoms with Crippen molar-refractivity contribution in [1.82, 2.24) is 0 Å². The van der Waals surface area contributed by atoms with Gasteiger partial charge in [-0.05, 0) is 145 Å². The predicted octanol–water partition coefficient (Wildman–Crippen LogP) is 11.9. The van der Waals surface area contributed by atoms with Crippen molar-refractivity contribution >= 4 is 60.0 Å². The van der Waals surface area contributed by atoms with E-state index in [1.165, 1.54) is 11.1 Å². The van der Waals surface area contributed by atoms with E-state index in [9.17, 15) is 9.59 Å². The average molecular weight is 873 g/mol. The van der Waals surface area contributed by atoms with Crippen LogP contribution in [0.5, 0.6) is 11.5 Å². The lowest BCUT2D eigenvalue weighted by atomic mass is 9.67. The quantitative estimate of drug-likeness (QED) is 0.0435. The second-order valence-corrected chi connectivity index (χ2v) is 16.2. The van der Waals surface area contributed by atoms with E-state index in [1.54, 1.807) is 13.8 Å². The number of thiol groups is 2. The Bertz CT molecular complexity index is 2550. The Morgan fingerprint density at radius 2 is 0.968 bits per heavy atom. The Labute approximate surface area is 379 Å². The summed E-state index contributed by atoms with van der Waals surface area (Å²) in [5.74, 6) is 0.345. The zero-order valence-corrected chi connectivity index (χ0v) is 37.4. The average Bonchev–Trinajstić information content (AvgIpc) is 3.60. The van der Waals surface area contributed by atoms with Crippen molar-refractivity contribution in [2.75, 3.05) is 13.2 Å². The van der Waals surface area contributed by atoms with Crippen molar-refractivity contribution in [2.24, 2.45) is 9.98 Å². The summed E-state index contributed by atoms with van der Waals surface area (Å²) in [6, 6.07) is 45.1. The van der Waals surface area contributed by atoms with Crippen LogP contribution in [0.3, 0.4) is 0 Å². The largest absolute Gasteiger partial charge is 0.490 e. The Kier molecular flexibility index (Phi) is 13.8. The molecule has 0 fully saturated rings. The first kappa shape index (κ1) is 44.4. The molecule has 6 aromatic carbocycles. The summed E-state index contributed by atoms with van der Waals surface area (Å²) in [6.07, 6.45) is 1.44. The Hall–Kier alpha value is -6.62. The lowest BCUT2D eigenvalue weighted by Crippen LogP contribution is -2.28. The molecule has 7 rings (SSSR count). The van der Waals surface area contributed by atoms with Gasteiger partial charge < -0.3 is 18.9 Å². The standard InChI is InChI=1S/C53H48N2O6S2/c1-7-51(56)60-33(3)31-58-41-23-17-37(18-24-41)35(5)54-47-27-21-39(29-49(47)62)53(45-15-11-9-13-43(45)44-14-10-12-16-46(44)53)40-22-28-48(50(63)30-40)55-36(6)38-19-25-42(26-20-38)59-32-34(4)61-52(57)8-2/h7-30,33-34,62-63H,1-2,31-32H2,3-6H3. The minimum absolute atomic E-state index is 0.220. The number of carbonyl (C=O) groups excluding carboxylic acids is 2. The van der Waals surface area contributed by atoms with Gasteiger partial charge in [0.15, 0.2) is 0 Å². The molecule has 2 unspecified atom stereocenters. The maximum absolute atomic E-state index is 11.5. The van der Waals surface area contributed by atoms with Crippen LogP contribution >= 0.6 is 25.3 Å². The molecule has 0 heterocycles. The number of hydrogen-bond acceptors (Lipinski definition) is 10. The second kappa shape index (κ2) is 19.6. The summed E-state index contributed by atoms with van der Waals surface area (Å²) >= 11 is 10.1. The molecule has 2 atom stereocenters. The molecule has 63 heavy (non-hydrogen) atoms. The molecule has 6 aromatic rings. The fourth-order valence-corrected chi connectivity index (χ4v) is 8.32. The molecule has 8 nitrogen and oxygen atoms in total. The first-order chi connectivity index (χ1) is 30.4. The van der Waals surface area contributed by atoms with Gasteiger partial charge in [-0.3, -0.25) is 9.98 Å². The molecule has 0 aromatic heterocycles. The number of rotatable bonds is 16. The molecular weight excluding hydrogens is 825 g/mol. The van der Waals surface area contributed by atoms with E-state index >= 15 is 0 Å². The first-order valence-corrected chi connectivity index (χ1v) is 21.4. The maximum Gasteiger partial charge on any atom is 0.330 e. The minimum Gasteiger partial charge on any atom is -0.490 e. The van der Waals surface area contributed by atoms with Crippen LogP contribution in [0.15, 0.2) is 179 Å². The third kappa shape index (κ3) is 9.73. The Balaban J connectivity index is 1.18. The number of esters is 2. The van der Waals surface area contributed by atoms with Crippen molar-refractivity contribution in [2.45, 2.75) is 55.1 Å². The number of carbonyl (C=O) groups is 2. The van der Waals surface area contributed by atoms with Gasteiger partial charge in [0.1, 0.15) is 36.9 Å². The van der Waals surface area contributed by atoms with Crippen molar-refractivity contribution in [3.05, 3.63) is 192 Å². The number of aliphatic imine (C=N–C) groups is 2. The van der Waals surface area contributed by atoms with Gasteiger partial charge in [-0.1, -0.05) is 73.8 Å². The van der Waals surface area contributed by atoms with Crippen LogP contribution in [-0.4, -0.2) is 48.8 Å². The van der Waals surface area contributed by atoms with Gasteiger partial charge >= 0.3 is 11.9 Å². The highest BCUT2D eigenvalue weighted by atomic mass is 32.1. The van der Waals surface area contributed by atoms with Gasteiger partial charge in [0.05, 0.1) is 16.8 Å². The normalized spacial score (nSPS) is 13.8. The van der Waals surface area contributed by atoms with Gasteiger partial charge in [-0.25, -0.2) is 9.59 Å². The molecule has 1 aliphatic rings. The minimum atomic E-state index is -0.689. The van der Waals surface area contributed by atoms with Crippen molar-refractivity contribution < 1.29 is 28.5 Å². The van der Waals surface area contributed by atoms with Crippen LogP contribution in [0.1, 0.15) is 61.1 Å². The molecule has 0 saturated heterocycles. The van der Waals surface area contributed by atoms with Gasteiger partial charge in [0, 0.05) is 33.4 Å². The Morgan fingerprint density at radius 1 is 0.587 bits per heavy atom. The number of ether oxygens (including phenoxy) is 4. The maximum atomic E-state index is 11.5. The molecule has 318 valence electrons. The van der Waals surface area contributed by atoms with E-state index in [4.69, 9.17) is 54.2 Å². The second-order valence-electron chi connectivity index (χ2n) is 15.2. The van der Waals surface area contributed by atoms with Crippen LogP contribution in [-0.2, 0) is 24.5 Å². The molecule has 0 saturated carbocycles. The SMILES string of the molecule is C=CC(=O)OC(C)COc1ccc(C(C)=Nc2ccc(C3(c4ccc(N=C(C)c5ccc(OCC(C)OC(=O)C=C)cc5)c(S)c4)c4ccccc4-c4ccccc43)cc2S)cc1. The van der Waals surface area contributed by atoms with Gasteiger partial charge in [-0.15, -0.1) is 25.3 Å². The smallest absolute Gasteiger partial charge is 0.330 e. The summed E-state index contributed by atoms with van der Waals surface area (Å²) in [5, 5.41) is 0. The highest BCUT2D eigenvalue weighted by Gasteiger charge is 2.46. The van der Waals surface area contributed by atoms with Crippen LogP contribution < -0.4 is 9.47 Å². The van der Waals surface area contributed by atoms with E-state index < -0.39 is 29.6 Å². The molecule has 10 heteroatoms. The van der Waals surface area contributed by atoms with E-state index in [-0.39, 0.29) is 13.2 Å². The van der Waals surface area contributed by atoms with E-state index in [0.29, 0.717) is 11.5 Å². The van der Waals surface area contributed by atoms with Crippen LogP contribution in [0, 0.1) is 0 Å². The molecular formula is C53H48N2O6S2. The molecule has 0 N–H and O–H groups in total. The highest BCUT2D eigenvalue weighted by Crippen LogP contribution is 2.57. The number of fused-ring (bicyclic) bond motifs is 3. The van der Waals surface area contributed by atoms with Crippen molar-refractivity contribution in [1.29, 1.82) is 0 Å². The molecule has 0 bridgehead atoms. The summed E-state index contributed by atoms with van der Waals surface area (Å²) in [7, 11) is 0. The number of nitrogens with zero attached hydrogens (tertiary/aromatic N) is 2. The van der Waals surface area contributed by atoms with E-state index in [0.717, 1.165) is 78.1 Å². The molecule has 1 aliphatic carbocycles. The predicted molar refractivity (Wildman–Crippen MR) is 257 cm³/mol. The fourth-order valence-electron chi connectivity index (χ4n) is 7.79. The Morgan fingerprint density at radius 3 is 1.33 bits per heavy atom. The van der Waals surface area contributed by atoms with E-state index in [1.807, 2.05) is 74.5 Å². The molecule has 0 radical (unpaired) electrons. The zero-order valence-electron chi connectivity index (χ0n) is 35.6. The lowest BCUT2D eigenvalue weighted by Gasteiger charge is -2.34. The van der Waals surface area contributed by atoms with E-state index in [2.05, 4.69) is 86.0 Å². The molecule has 0 amide bonds. The summed E-state index contributed by atoms with van der Waals surface area (Å²) in [5.41, 5.74) is 11.1.